The number of hydrogen-bond donors (Lipinski definition) is 0. The van der Waals surface area contributed by atoms with Crippen molar-refractivity contribution in [1.82, 2.24) is 9.88 Å². The van der Waals surface area contributed by atoms with E-state index in [1.54, 1.807) is 18.5 Å². The predicted molar refractivity (Wildman–Crippen MR) is 91.3 cm³/mol. The maximum absolute atomic E-state index is 9.31. The summed E-state index contributed by atoms with van der Waals surface area (Å²) in [5, 5.41) is 9.31. The van der Waals surface area contributed by atoms with Crippen LogP contribution in [0.4, 0.5) is 5.69 Å². The fraction of sp³-hybridized carbons (Fsp3) is 0.471. The van der Waals surface area contributed by atoms with Gasteiger partial charge in [0.1, 0.15) is 17.7 Å². The average molecular weight is 316 g/mol. The van der Waals surface area contributed by atoms with Gasteiger partial charge < -0.3 is 14.4 Å². The Morgan fingerprint density at radius 3 is 2.91 bits per heavy atom. The van der Waals surface area contributed by atoms with Crippen molar-refractivity contribution in [1.29, 1.82) is 5.26 Å². The van der Waals surface area contributed by atoms with Crippen LogP contribution in [0, 0.1) is 18.3 Å². The van der Waals surface area contributed by atoms with Crippen molar-refractivity contribution >= 4 is 12.0 Å². The van der Waals surface area contributed by atoms with Crippen molar-refractivity contribution in [2.24, 2.45) is 4.99 Å². The summed E-state index contributed by atoms with van der Waals surface area (Å²) in [5.41, 5.74) is 1.72. The highest BCUT2D eigenvalue weighted by Crippen LogP contribution is 2.25. The first-order chi connectivity index (χ1) is 11.0. The molecule has 0 spiro atoms. The van der Waals surface area contributed by atoms with E-state index in [0.717, 1.165) is 6.54 Å². The lowest BCUT2D eigenvalue weighted by molar-refractivity contribution is 0.0709. The Bertz CT molecular complexity index is 593. The molecule has 0 aliphatic rings. The molecule has 0 bridgehead atoms. The van der Waals surface area contributed by atoms with Crippen molar-refractivity contribution < 1.29 is 9.47 Å². The van der Waals surface area contributed by atoms with E-state index >= 15 is 0 Å². The molecule has 0 fully saturated rings. The Morgan fingerprint density at radius 2 is 2.30 bits per heavy atom. The number of rotatable bonds is 9. The average Bonchev–Trinajstić information content (AvgIpc) is 2.54. The molecule has 0 saturated heterocycles. The van der Waals surface area contributed by atoms with Crippen LogP contribution in [-0.2, 0) is 4.74 Å². The van der Waals surface area contributed by atoms with Crippen molar-refractivity contribution in [3.8, 4) is 11.9 Å². The normalized spacial score (nSPS) is 12.0. The number of hydrogen-bond acceptors (Lipinski definition) is 5. The van der Waals surface area contributed by atoms with Crippen LogP contribution in [0.15, 0.2) is 23.7 Å². The van der Waals surface area contributed by atoms with Crippen LogP contribution < -0.4 is 4.74 Å². The molecule has 1 rings (SSSR count). The van der Waals surface area contributed by atoms with Gasteiger partial charge in [-0.2, -0.15) is 5.26 Å². The molecule has 124 valence electrons. The van der Waals surface area contributed by atoms with E-state index in [9.17, 15) is 5.26 Å². The molecule has 1 aromatic heterocycles. The second-order valence-electron chi connectivity index (χ2n) is 5.13. The zero-order valence-corrected chi connectivity index (χ0v) is 14.2. The SMILES string of the molecule is C=CCOCC(C)Oc1nc(C)c(N=CN(C)CC)cc1C#N. The van der Waals surface area contributed by atoms with E-state index in [0.29, 0.717) is 36.0 Å². The van der Waals surface area contributed by atoms with Gasteiger partial charge in [0.25, 0.3) is 0 Å². The van der Waals surface area contributed by atoms with Crippen LogP contribution in [-0.4, -0.2) is 49.1 Å². The number of nitrogens with zero attached hydrogens (tertiary/aromatic N) is 4. The molecule has 0 saturated carbocycles. The summed E-state index contributed by atoms with van der Waals surface area (Å²) in [5.74, 6) is 0.308. The topological polar surface area (TPSA) is 70.7 Å². The minimum Gasteiger partial charge on any atom is -0.471 e. The first-order valence-corrected chi connectivity index (χ1v) is 7.53. The summed E-state index contributed by atoms with van der Waals surface area (Å²) < 4.78 is 11.0. The number of pyridine rings is 1. The van der Waals surface area contributed by atoms with Gasteiger partial charge in [0, 0.05) is 13.6 Å². The molecule has 23 heavy (non-hydrogen) atoms. The van der Waals surface area contributed by atoms with E-state index < -0.39 is 0 Å². The Labute approximate surface area is 138 Å². The lowest BCUT2D eigenvalue weighted by Crippen LogP contribution is -2.20. The minimum absolute atomic E-state index is 0.213. The maximum Gasteiger partial charge on any atom is 0.232 e. The molecule has 0 aromatic carbocycles. The molecule has 1 unspecified atom stereocenters. The highest BCUT2D eigenvalue weighted by Gasteiger charge is 2.13. The monoisotopic (exact) mass is 316 g/mol. The van der Waals surface area contributed by atoms with Gasteiger partial charge in [0.2, 0.25) is 5.88 Å². The Morgan fingerprint density at radius 1 is 1.57 bits per heavy atom. The van der Waals surface area contributed by atoms with Crippen LogP contribution in [0.5, 0.6) is 5.88 Å². The standard InChI is InChI=1S/C17H24N4O2/c1-6-8-22-11-13(3)23-17-15(10-18)9-16(14(4)20-17)19-12-21(5)7-2/h6,9,12-13H,1,7-8,11H2,2-5H3. The molecule has 0 radical (unpaired) electrons. The van der Waals surface area contributed by atoms with Gasteiger partial charge in [-0.3, -0.25) is 0 Å². The second-order valence-corrected chi connectivity index (χ2v) is 5.13. The summed E-state index contributed by atoms with van der Waals surface area (Å²) in [6, 6.07) is 3.79. The molecule has 1 aromatic rings. The zero-order valence-electron chi connectivity index (χ0n) is 14.2. The van der Waals surface area contributed by atoms with E-state index in [1.165, 1.54) is 0 Å². The van der Waals surface area contributed by atoms with Crippen molar-refractivity contribution in [3.63, 3.8) is 0 Å². The van der Waals surface area contributed by atoms with Gasteiger partial charge in [-0.25, -0.2) is 9.98 Å². The van der Waals surface area contributed by atoms with Gasteiger partial charge in [-0.05, 0) is 26.8 Å². The fourth-order valence-corrected chi connectivity index (χ4v) is 1.66. The third-order valence-electron chi connectivity index (χ3n) is 3.07. The smallest absolute Gasteiger partial charge is 0.232 e. The van der Waals surface area contributed by atoms with Gasteiger partial charge >= 0.3 is 0 Å². The molecule has 1 atom stereocenters. The molecule has 6 nitrogen and oxygen atoms in total. The Hall–Kier alpha value is -2.39. The van der Waals surface area contributed by atoms with Gasteiger partial charge in [0.15, 0.2) is 0 Å². The van der Waals surface area contributed by atoms with Gasteiger partial charge in [0.05, 0.1) is 30.9 Å². The van der Waals surface area contributed by atoms with E-state index in [4.69, 9.17) is 9.47 Å². The van der Waals surface area contributed by atoms with Crippen LogP contribution in [0.1, 0.15) is 25.1 Å². The molecular formula is C17H24N4O2. The van der Waals surface area contributed by atoms with E-state index in [2.05, 4.69) is 22.6 Å². The van der Waals surface area contributed by atoms with Gasteiger partial charge in [-0.1, -0.05) is 6.08 Å². The number of nitriles is 1. The van der Waals surface area contributed by atoms with Crippen LogP contribution in [0.25, 0.3) is 0 Å². The summed E-state index contributed by atoms with van der Waals surface area (Å²) >= 11 is 0. The third-order valence-corrected chi connectivity index (χ3v) is 3.07. The number of aliphatic imine (C=N–C) groups is 1. The first kappa shape index (κ1) is 18.7. The largest absolute Gasteiger partial charge is 0.471 e. The summed E-state index contributed by atoms with van der Waals surface area (Å²) in [6.45, 7) is 11.0. The molecule has 0 aliphatic heterocycles. The fourth-order valence-electron chi connectivity index (χ4n) is 1.66. The molecule has 0 N–H and O–H groups in total. The zero-order chi connectivity index (χ0) is 17.2. The molecule has 0 aliphatic carbocycles. The van der Waals surface area contributed by atoms with Crippen molar-refractivity contribution in [3.05, 3.63) is 30.0 Å². The molecule has 6 heteroatoms. The molecule has 1 heterocycles. The van der Waals surface area contributed by atoms with Crippen LogP contribution >= 0.6 is 0 Å². The summed E-state index contributed by atoms with van der Waals surface area (Å²) in [7, 11) is 1.93. The van der Waals surface area contributed by atoms with E-state index in [-0.39, 0.29) is 6.10 Å². The Balaban J connectivity index is 2.90. The quantitative estimate of drug-likeness (QED) is 0.303. The summed E-state index contributed by atoms with van der Waals surface area (Å²) in [4.78, 5) is 10.7. The first-order valence-electron chi connectivity index (χ1n) is 7.53. The van der Waals surface area contributed by atoms with Crippen molar-refractivity contribution in [2.45, 2.75) is 26.9 Å². The summed E-state index contributed by atoms with van der Waals surface area (Å²) in [6.07, 6.45) is 3.18. The molecule has 0 amide bonds. The maximum atomic E-state index is 9.31. The number of aryl methyl sites for hydroxylation is 1. The lowest BCUT2D eigenvalue weighted by atomic mass is 10.2. The van der Waals surface area contributed by atoms with Crippen molar-refractivity contribution in [2.75, 3.05) is 26.8 Å². The predicted octanol–water partition coefficient (Wildman–Crippen LogP) is 2.84. The minimum atomic E-state index is -0.213. The highest BCUT2D eigenvalue weighted by molar-refractivity contribution is 5.63. The van der Waals surface area contributed by atoms with Gasteiger partial charge in [-0.15, -0.1) is 6.58 Å². The highest BCUT2D eigenvalue weighted by atomic mass is 16.5. The number of aromatic nitrogens is 1. The third kappa shape index (κ3) is 6.09. The van der Waals surface area contributed by atoms with E-state index in [1.807, 2.05) is 32.7 Å². The van der Waals surface area contributed by atoms with Crippen LogP contribution in [0.2, 0.25) is 0 Å². The number of ether oxygens (including phenoxy) is 2. The molecular weight excluding hydrogens is 292 g/mol. The van der Waals surface area contributed by atoms with Crippen LogP contribution in [0.3, 0.4) is 0 Å². The second kappa shape index (κ2) is 9.59. The Kier molecular flexibility index (Phi) is 7.78. The lowest BCUT2D eigenvalue weighted by Gasteiger charge is -2.15.